The molecule has 1 aliphatic heterocycles. The second-order valence-corrected chi connectivity index (χ2v) is 12.4. The van der Waals surface area contributed by atoms with Gasteiger partial charge in [0.2, 0.25) is 0 Å². The zero-order valence-corrected chi connectivity index (χ0v) is 24.6. The van der Waals surface area contributed by atoms with Crippen LogP contribution in [0.5, 0.6) is 5.75 Å². The number of nitrogens with two attached hydrogens (primary N) is 1. The fraction of sp³-hybridized carbons (Fsp3) is 0.556. The summed E-state index contributed by atoms with van der Waals surface area (Å²) in [6.07, 6.45) is 0.893. The van der Waals surface area contributed by atoms with Crippen LogP contribution < -0.4 is 15.3 Å². The van der Waals surface area contributed by atoms with E-state index in [1.54, 1.807) is 31.2 Å². The van der Waals surface area contributed by atoms with E-state index in [1.165, 1.54) is 31.1 Å². The number of nitrogen functional groups attached to an aromatic ring is 1. The van der Waals surface area contributed by atoms with Gasteiger partial charge in [0.15, 0.2) is 17.7 Å². The average Bonchev–Trinajstić information content (AvgIpc) is 3.52. The van der Waals surface area contributed by atoms with E-state index in [2.05, 4.69) is 20.0 Å². The number of aromatic nitrogens is 4. The number of carbonyl (C=O) groups is 1. The van der Waals surface area contributed by atoms with Crippen molar-refractivity contribution in [2.45, 2.75) is 95.7 Å². The molecular formula is C27H37N6O8P. The molecule has 1 aliphatic carbocycles. The number of imidazole rings is 1. The van der Waals surface area contributed by atoms with Crippen LogP contribution in [-0.2, 0) is 23.4 Å². The molecule has 5 unspecified atom stereocenters. The standard InChI is InChI=1S/C27H37N6O8P/c1-15-9-7-8-12-19(15)41-42(37,32-16(2)27(36)38-18-10-5-4-6-11-18)40-17(3)23-21(34)22(35)26(39-23)33-14-31-20-24(28)29-13-30-25(20)33/h7-9,12-14,16-18,21-23,26,34-35H,4-6,10-11H2,1-3H3,(H,32,37)(H2,28,29,30)/t16?,17?,21-,22+,23?,26?,42?/m0/s1. The summed E-state index contributed by atoms with van der Waals surface area (Å²) in [5, 5.41) is 24.5. The molecule has 1 saturated carbocycles. The van der Waals surface area contributed by atoms with Crippen molar-refractivity contribution in [2.75, 3.05) is 5.73 Å². The maximum atomic E-state index is 14.2. The van der Waals surface area contributed by atoms with Crippen molar-refractivity contribution in [3.8, 4) is 5.75 Å². The van der Waals surface area contributed by atoms with Gasteiger partial charge in [0.25, 0.3) is 0 Å². The average molecular weight is 605 g/mol. The van der Waals surface area contributed by atoms with Crippen molar-refractivity contribution in [1.82, 2.24) is 24.6 Å². The van der Waals surface area contributed by atoms with Gasteiger partial charge in [0, 0.05) is 0 Å². The van der Waals surface area contributed by atoms with Gasteiger partial charge in [0.1, 0.15) is 48.1 Å². The first kappa shape index (κ1) is 30.3. The molecule has 5 rings (SSSR count). The van der Waals surface area contributed by atoms with Crippen LogP contribution in [0.25, 0.3) is 11.2 Å². The number of hydrogen-bond donors (Lipinski definition) is 4. The van der Waals surface area contributed by atoms with Gasteiger partial charge in [0.05, 0.1) is 12.4 Å². The molecular weight excluding hydrogens is 567 g/mol. The monoisotopic (exact) mass is 604 g/mol. The molecule has 14 nitrogen and oxygen atoms in total. The van der Waals surface area contributed by atoms with Crippen molar-refractivity contribution in [1.29, 1.82) is 0 Å². The van der Waals surface area contributed by atoms with E-state index in [4.69, 9.17) is 24.3 Å². The Labute approximate surface area is 243 Å². The summed E-state index contributed by atoms with van der Waals surface area (Å²) in [4.78, 5) is 25.2. The van der Waals surface area contributed by atoms with Gasteiger partial charge in [-0.3, -0.25) is 13.9 Å². The number of carbonyl (C=O) groups excluding carboxylic acids is 1. The van der Waals surface area contributed by atoms with E-state index in [0.717, 1.165) is 32.1 Å². The largest absolute Gasteiger partial charge is 0.461 e. The molecule has 2 aromatic heterocycles. The first-order valence-corrected chi connectivity index (χ1v) is 15.6. The zero-order valence-electron chi connectivity index (χ0n) is 23.7. The fourth-order valence-electron chi connectivity index (χ4n) is 5.24. The van der Waals surface area contributed by atoms with E-state index in [1.807, 2.05) is 0 Å². The SMILES string of the molecule is Cc1ccccc1OP(=O)(NC(C)C(=O)OC1CCCCC1)OC(C)C1OC(n2cnc3c(N)ncnc32)[C@H](O)[C@@H]1O. The van der Waals surface area contributed by atoms with E-state index >= 15 is 0 Å². The van der Waals surface area contributed by atoms with Crippen LogP contribution in [0, 0.1) is 6.92 Å². The molecule has 0 spiro atoms. The van der Waals surface area contributed by atoms with Crippen LogP contribution in [0.15, 0.2) is 36.9 Å². The molecule has 0 amide bonds. The Morgan fingerprint density at radius 3 is 2.62 bits per heavy atom. The van der Waals surface area contributed by atoms with Crippen LogP contribution in [0.1, 0.15) is 57.7 Å². The first-order valence-electron chi connectivity index (χ1n) is 14.0. The lowest BCUT2D eigenvalue weighted by atomic mass is 9.98. The summed E-state index contributed by atoms with van der Waals surface area (Å²) in [5.74, 6) is -0.148. The zero-order chi connectivity index (χ0) is 30.0. The third-order valence-electron chi connectivity index (χ3n) is 7.56. The van der Waals surface area contributed by atoms with Crippen molar-refractivity contribution in [3.05, 3.63) is 42.5 Å². The summed E-state index contributed by atoms with van der Waals surface area (Å²) in [7, 11) is -4.29. The number of rotatable bonds is 10. The molecule has 0 radical (unpaired) electrons. The second-order valence-electron chi connectivity index (χ2n) is 10.8. The number of para-hydroxylation sites is 1. The second kappa shape index (κ2) is 12.6. The van der Waals surface area contributed by atoms with Crippen LogP contribution >= 0.6 is 7.75 Å². The first-order chi connectivity index (χ1) is 20.1. The maximum absolute atomic E-state index is 14.2. The molecule has 1 aromatic carbocycles. The fourth-order valence-corrected chi connectivity index (χ4v) is 7.00. The lowest BCUT2D eigenvalue weighted by Gasteiger charge is -2.29. The molecule has 2 fully saturated rings. The van der Waals surface area contributed by atoms with Gasteiger partial charge >= 0.3 is 13.7 Å². The number of anilines is 1. The number of esters is 1. The van der Waals surface area contributed by atoms with Crippen LogP contribution in [0.3, 0.4) is 0 Å². The highest BCUT2D eigenvalue weighted by Crippen LogP contribution is 2.48. The third kappa shape index (κ3) is 6.43. The topological polar surface area (TPSA) is 193 Å². The summed E-state index contributed by atoms with van der Waals surface area (Å²) in [6.45, 7) is 4.82. The maximum Gasteiger partial charge on any atom is 0.459 e. The molecule has 0 bridgehead atoms. The Kier molecular flexibility index (Phi) is 9.11. The number of aliphatic hydroxyl groups excluding tert-OH is 2. The van der Waals surface area contributed by atoms with E-state index < -0.39 is 50.4 Å². The molecule has 42 heavy (non-hydrogen) atoms. The minimum Gasteiger partial charge on any atom is -0.461 e. The predicted molar refractivity (Wildman–Crippen MR) is 151 cm³/mol. The lowest BCUT2D eigenvalue weighted by Crippen LogP contribution is -2.41. The van der Waals surface area contributed by atoms with Gasteiger partial charge in [-0.15, -0.1) is 0 Å². The van der Waals surface area contributed by atoms with Crippen LogP contribution in [0.2, 0.25) is 0 Å². The number of hydrogen-bond acceptors (Lipinski definition) is 12. The Morgan fingerprint density at radius 2 is 1.88 bits per heavy atom. The van der Waals surface area contributed by atoms with E-state index in [9.17, 15) is 19.6 Å². The number of nitrogens with zero attached hydrogens (tertiary/aromatic N) is 4. The molecule has 3 heterocycles. The minimum absolute atomic E-state index is 0.150. The molecule has 2 aliphatic rings. The Balaban J connectivity index is 1.34. The molecule has 15 heteroatoms. The Morgan fingerprint density at radius 1 is 1.14 bits per heavy atom. The van der Waals surface area contributed by atoms with Crippen molar-refractivity contribution in [3.63, 3.8) is 0 Å². The molecule has 5 N–H and O–H groups in total. The van der Waals surface area contributed by atoms with Crippen molar-refractivity contribution >= 4 is 30.7 Å². The summed E-state index contributed by atoms with van der Waals surface area (Å²) in [6, 6.07) is 5.88. The number of benzene rings is 1. The molecule has 228 valence electrons. The predicted octanol–water partition coefficient (Wildman–Crippen LogP) is 2.78. The quantitative estimate of drug-likeness (QED) is 0.195. The summed E-state index contributed by atoms with van der Waals surface area (Å²) < 4.78 is 39.1. The number of aliphatic hydroxyl groups is 2. The van der Waals surface area contributed by atoms with Gasteiger partial charge in [-0.05, 0) is 58.1 Å². The van der Waals surface area contributed by atoms with Gasteiger partial charge in [-0.2, -0.15) is 5.09 Å². The smallest absolute Gasteiger partial charge is 0.459 e. The van der Waals surface area contributed by atoms with Gasteiger partial charge in [-0.25, -0.2) is 19.5 Å². The minimum atomic E-state index is -4.29. The van der Waals surface area contributed by atoms with E-state index in [0.29, 0.717) is 16.7 Å². The molecule has 3 aromatic rings. The number of ether oxygens (including phenoxy) is 2. The van der Waals surface area contributed by atoms with Crippen molar-refractivity contribution in [2.24, 2.45) is 0 Å². The molecule has 1 saturated heterocycles. The number of aryl methyl sites for hydroxylation is 1. The summed E-state index contributed by atoms with van der Waals surface area (Å²) in [5.41, 5.74) is 7.18. The number of fused-ring (bicyclic) bond motifs is 1. The van der Waals surface area contributed by atoms with Crippen LogP contribution in [-0.4, -0.2) is 72.3 Å². The number of nitrogens with one attached hydrogen (secondary N) is 1. The third-order valence-corrected chi connectivity index (χ3v) is 9.31. The highest BCUT2D eigenvalue weighted by Gasteiger charge is 2.49. The normalized spacial score (nSPS) is 26.0. The van der Waals surface area contributed by atoms with Gasteiger partial charge < -0.3 is 29.9 Å². The van der Waals surface area contributed by atoms with Crippen LogP contribution in [0.4, 0.5) is 5.82 Å². The molecule has 7 atom stereocenters. The highest BCUT2D eigenvalue weighted by molar-refractivity contribution is 7.52. The van der Waals surface area contributed by atoms with Crippen molar-refractivity contribution < 1.29 is 38.1 Å². The highest BCUT2D eigenvalue weighted by atomic mass is 31.2. The Hall–Kier alpha value is -3.13. The Bertz CT molecular complexity index is 1450. The lowest BCUT2D eigenvalue weighted by molar-refractivity contribution is -0.152. The summed E-state index contributed by atoms with van der Waals surface area (Å²) >= 11 is 0. The van der Waals surface area contributed by atoms with E-state index in [-0.39, 0.29) is 17.7 Å². The van der Waals surface area contributed by atoms with Gasteiger partial charge in [-0.1, -0.05) is 24.6 Å².